The first-order chi connectivity index (χ1) is 17.4. The molecule has 1 amide bonds. The first-order valence-corrected chi connectivity index (χ1v) is 10.7. The second-order valence-electron chi connectivity index (χ2n) is 8.14. The number of anilines is 1. The molecule has 4 rings (SSSR count). The van der Waals surface area contributed by atoms with E-state index in [2.05, 4.69) is 25.3 Å². The van der Waals surface area contributed by atoms with Crippen LogP contribution in [0.4, 0.5) is 19.0 Å². The monoisotopic (exact) mass is 516 g/mol. The largest absolute Gasteiger partial charge is 0.433 e. The molecule has 1 N–H and O–H groups in total. The smallest absolute Gasteiger partial charge is 0.312 e. The Morgan fingerprint density at radius 1 is 1.11 bits per heavy atom. The lowest BCUT2D eigenvalue weighted by Crippen LogP contribution is -2.41. The molecular formula is C22H19F3N8O4. The predicted octanol–water partition coefficient (Wildman–Crippen LogP) is 1.56. The Labute approximate surface area is 205 Å². The van der Waals surface area contributed by atoms with Gasteiger partial charge in [0.2, 0.25) is 5.91 Å². The van der Waals surface area contributed by atoms with Crippen LogP contribution >= 0.6 is 0 Å². The van der Waals surface area contributed by atoms with Gasteiger partial charge in [-0.2, -0.15) is 13.2 Å². The number of amides is 1. The van der Waals surface area contributed by atoms with Crippen molar-refractivity contribution in [2.24, 2.45) is 7.05 Å². The van der Waals surface area contributed by atoms with Crippen LogP contribution in [0.5, 0.6) is 0 Å². The van der Waals surface area contributed by atoms with Gasteiger partial charge in [-0.05, 0) is 26.0 Å². The van der Waals surface area contributed by atoms with Crippen LogP contribution in [0.25, 0.3) is 22.4 Å². The molecule has 4 aromatic heterocycles. The van der Waals surface area contributed by atoms with Crippen LogP contribution in [0.1, 0.15) is 25.6 Å². The second-order valence-corrected chi connectivity index (χ2v) is 8.14. The average Bonchev–Trinajstić information content (AvgIpc) is 3.30. The first kappa shape index (κ1) is 25.4. The Kier molecular flexibility index (Phi) is 6.46. The van der Waals surface area contributed by atoms with Crippen molar-refractivity contribution in [3.8, 4) is 11.3 Å². The fourth-order valence-corrected chi connectivity index (χ4v) is 3.58. The van der Waals surface area contributed by atoms with Gasteiger partial charge in [0, 0.05) is 18.8 Å². The number of nitrogens with zero attached hydrogens (tertiary/aromatic N) is 7. The molecule has 0 fully saturated rings. The van der Waals surface area contributed by atoms with E-state index in [4.69, 9.17) is 0 Å². The highest BCUT2D eigenvalue weighted by Gasteiger charge is 2.32. The van der Waals surface area contributed by atoms with Crippen LogP contribution < -0.4 is 16.6 Å². The third-order valence-corrected chi connectivity index (χ3v) is 5.47. The number of alkyl halides is 3. The molecule has 0 spiro atoms. The van der Waals surface area contributed by atoms with E-state index < -0.39 is 47.4 Å². The zero-order chi connectivity index (χ0) is 27.1. The highest BCUT2D eigenvalue weighted by molar-refractivity contribution is 5.93. The summed E-state index contributed by atoms with van der Waals surface area (Å²) in [5.74, 6) is -1.03. The molecule has 0 aliphatic rings. The van der Waals surface area contributed by atoms with E-state index in [9.17, 15) is 32.3 Å². The van der Waals surface area contributed by atoms with Crippen molar-refractivity contribution >= 4 is 28.7 Å². The number of carbonyl (C=O) groups is 2. The van der Waals surface area contributed by atoms with E-state index >= 15 is 0 Å². The number of hydrogen-bond acceptors (Lipinski definition) is 8. The van der Waals surface area contributed by atoms with Crippen molar-refractivity contribution in [3.63, 3.8) is 0 Å². The minimum atomic E-state index is -4.59. The molecule has 0 saturated heterocycles. The number of fused-ring (bicyclic) bond motifs is 1. The maximum Gasteiger partial charge on any atom is 0.433 e. The molecule has 0 aliphatic heterocycles. The lowest BCUT2D eigenvalue weighted by Gasteiger charge is -2.15. The van der Waals surface area contributed by atoms with Crippen LogP contribution in [0.15, 0.2) is 46.6 Å². The maximum atomic E-state index is 13.0. The number of hydrogen-bond donors (Lipinski definition) is 1. The fraction of sp³-hybridized carbons (Fsp3) is 0.273. The summed E-state index contributed by atoms with van der Waals surface area (Å²) >= 11 is 0. The third-order valence-electron chi connectivity index (χ3n) is 5.47. The van der Waals surface area contributed by atoms with E-state index in [-0.39, 0.29) is 28.2 Å². The number of rotatable bonds is 6. The maximum absolute atomic E-state index is 13.0. The number of aromatic nitrogens is 7. The molecule has 12 nitrogen and oxygen atoms in total. The second kappa shape index (κ2) is 9.40. The molecule has 0 aliphatic carbocycles. The zero-order valence-corrected chi connectivity index (χ0v) is 19.6. The molecule has 4 aromatic rings. The molecule has 1 atom stereocenters. The Hall–Kier alpha value is -4.69. The van der Waals surface area contributed by atoms with Gasteiger partial charge in [0.25, 0.3) is 5.56 Å². The van der Waals surface area contributed by atoms with Gasteiger partial charge in [0.1, 0.15) is 17.5 Å². The van der Waals surface area contributed by atoms with Crippen LogP contribution in [-0.4, -0.2) is 45.3 Å². The zero-order valence-electron chi connectivity index (χ0n) is 19.6. The number of aryl methyl sites for hydroxylation is 1. The summed E-state index contributed by atoms with van der Waals surface area (Å²) in [5.41, 5.74) is -2.16. The van der Waals surface area contributed by atoms with Gasteiger partial charge in [0.05, 0.1) is 31.0 Å². The van der Waals surface area contributed by atoms with Crippen LogP contribution in [0.2, 0.25) is 0 Å². The van der Waals surface area contributed by atoms with E-state index in [0.29, 0.717) is 0 Å². The molecule has 0 saturated carbocycles. The molecule has 0 bridgehead atoms. The topological polar surface area (TPSA) is 147 Å². The Bertz CT molecular complexity index is 1640. The summed E-state index contributed by atoms with van der Waals surface area (Å²) < 4.78 is 41.4. The van der Waals surface area contributed by atoms with E-state index in [1.54, 1.807) is 0 Å². The number of nitrogens with one attached hydrogen (secondary N) is 1. The van der Waals surface area contributed by atoms with Crippen molar-refractivity contribution < 1.29 is 22.8 Å². The van der Waals surface area contributed by atoms with Crippen molar-refractivity contribution in [2.45, 2.75) is 32.6 Å². The van der Waals surface area contributed by atoms with Crippen LogP contribution in [0.3, 0.4) is 0 Å². The highest BCUT2D eigenvalue weighted by atomic mass is 19.4. The predicted molar refractivity (Wildman–Crippen MR) is 124 cm³/mol. The van der Waals surface area contributed by atoms with Crippen molar-refractivity contribution in [3.05, 3.63) is 63.6 Å². The number of carbonyl (C=O) groups excluding carboxylic acids is 2. The summed E-state index contributed by atoms with van der Waals surface area (Å²) in [6, 6.07) is 0.974. The van der Waals surface area contributed by atoms with Crippen LogP contribution in [-0.2, 0) is 29.4 Å². The molecule has 37 heavy (non-hydrogen) atoms. The summed E-state index contributed by atoms with van der Waals surface area (Å²) in [5, 5.41) is 2.54. The van der Waals surface area contributed by atoms with Gasteiger partial charge in [-0.1, -0.05) is 0 Å². The van der Waals surface area contributed by atoms with Gasteiger partial charge < -0.3 is 9.88 Å². The lowest BCUT2D eigenvalue weighted by atomic mass is 10.2. The molecule has 0 unspecified atom stereocenters. The summed E-state index contributed by atoms with van der Waals surface area (Å²) in [7, 11) is 1.39. The average molecular weight is 516 g/mol. The summed E-state index contributed by atoms with van der Waals surface area (Å²) in [4.78, 5) is 65.7. The minimum absolute atomic E-state index is 0.0000550. The van der Waals surface area contributed by atoms with Gasteiger partial charge in [0.15, 0.2) is 17.0 Å². The summed E-state index contributed by atoms with van der Waals surface area (Å²) in [6.07, 6.45) is 0.167. The lowest BCUT2D eigenvalue weighted by molar-refractivity contribution is -0.141. The number of pyridine rings is 1. The quantitative estimate of drug-likeness (QED) is 0.406. The van der Waals surface area contributed by atoms with Crippen molar-refractivity contribution in [2.75, 3.05) is 5.32 Å². The molecular weight excluding hydrogens is 497 g/mol. The van der Waals surface area contributed by atoms with Crippen molar-refractivity contribution in [1.82, 2.24) is 33.6 Å². The molecule has 15 heteroatoms. The normalized spacial score (nSPS) is 12.5. The van der Waals surface area contributed by atoms with Gasteiger partial charge in [-0.3, -0.25) is 33.5 Å². The number of ketones is 1. The molecule has 0 aromatic carbocycles. The molecule has 4 heterocycles. The fourth-order valence-electron chi connectivity index (χ4n) is 3.58. The van der Waals surface area contributed by atoms with E-state index in [1.807, 2.05) is 0 Å². The molecule has 192 valence electrons. The first-order valence-electron chi connectivity index (χ1n) is 10.7. The van der Waals surface area contributed by atoms with E-state index in [0.717, 1.165) is 21.4 Å². The number of Topliss-reactive ketones (excluding diaryl/α,β-unsaturated/α-hetero) is 1. The van der Waals surface area contributed by atoms with Crippen molar-refractivity contribution in [1.29, 1.82) is 0 Å². The SMILES string of the molecule is CC(=O)Cn1c(=O)c2c(ncn2[C@@H](C)C(=O)Nc2cncc(-c3ccc(C(F)(F)F)nc3)n2)n(C)c1=O. The minimum Gasteiger partial charge on any atom is -0.312 e. The van der Waals surface area contributed by atoms with Gasteiger partial charge >= 0.3 is 11.9 Å². The van der Waals surface area contributed by atoms with Gasteiger partial charge in [-0.15, -0.1) is 0 Å². The molecule has 0 radical (unpaired) electrons. The third kappa shape index (κ3) is 4.87. The van der Waals surface area contributed by atoms with Gasteiger partial charge in [-0.25, -0.2) is 14.8 Å². The summed E-state index contributed by atoms with van der Waals surface area (Å²) in [6.45, 7) is 2.28. The van der Waals surface area contributed by atoms with E-state index in [1.165, 1.54) is 50.2 Å². The standard InChI is InChI=1S/C22H19F3N8O4/c1-11(34)9-32-20(36)17-18(31(3)21(32)37)28-10-33(17)12(2)19(35)30-16-8-26-7-14(29-16)13-4-5-15(27-6-13)22(23,24)25/h4-8,10,12H,9H2,1-3H3,(H,29,30,35)/t12-/m0/s1. The Balaban J connectivity index is 1.63. The Morgan fingerprint density at radius 2 is 1.84 bits per heavy atom. The van der Waals surface area contributed by atoms with Crippen LogP contribution in [0, 0.1) is 0 Å². The number of halogens is 3. The number of imidazole rings is 1. The highest BCUT2D eigenvalue weighted by Crippen LogP contribution is 2.28. The Morgan fingerprint density at radius 3 is 2.46 bits per heavy atom.